The standard InChI is InChI=1S/C15H15BrN6/c16-12-11-13(17)19-14(9-5-7-18-8-6-9)20-15(11)22(21-12)10-3-1-2-4-10/h5-8,10H,1-4H2,(H2,17,19,20). The van der Waals surface area contributed by atoms with Gasteiger partial charge in [0.2, 0.25) is 0 Å². The van der Waals surface area contributed by atoms with Gasteiger partial charge in [0, 0.05) is 18.0 Å². The van der Waals surface area contributed by atoms with Gasteiger partial charge in [-0.05, 0) is 40.9 Å². The van der Waals surface area contributed by atoms with E-state index < -0.39 is 0 Å². The maximum absolute atomic E-state index is 6.16. The first-order chi connectivity index (χ1) is 10.7. The van der Waals surface area contributed by atoms with Crippen LogP contribution in [-0.4, -0.2) is 24.7 Å². The van der Waals surface area contributed by atoms with E-state index in [-0.39, 0.29) is 0 Å². The molecule has 0 bridgehead atoms. The molecule has 112 valence electrons. The monoisotopic (exact) mass is 358 g/mol. The number of anilines is 1. The molecule has 0 atom stereocenters. The average molecular weight is 359 g/mol. The van der Waals surface area contributed by atoms with E-state index in [1.165, 1.54) is 12.8 Å². The molecule has 1 saturated carbocycles. The second kappa shape index (κ2) is 5.31. The van der Waals surface area contributed by atoms with Crippen LogP contribution < -0.4 is 5.73 Å². The molecule has 2 N–H and O–H groups in total. The SMILES string of the molecule is Nc1nc(-c2ccncc2)nc2c1c(Br)nn2C1CCCC1. The largest absolute Gasteiger partial charge is 0.383 e. The van der Waals surface area contributed by atoms with Gasteiger partial charge >= 0.3 is 0 Å². The van der Waals surface area contributed by atoms with E-state index in [4.69, 9.17) is 10.7 Å². The van der Waals surface area contributed by atoms with Crippen molar-refractivity contribution in [1.82, 2.24) is 24.7 Å². The van der Waals surface area contributed by atoms with Crippen molar-refractivity contribution >= 4 is 32.8 Å². The van der Waals surface area contributed by atoms with Gasteiger partial charge in [-0.2, -0.15) is 5.10 Å². The van der Waals surface area contributed by atoms with Crippen molar-refractivity contribution in [3.05, 3.63) is 29.1 Å². The zero-order valence-electron chi connectivity index (χ0n) is 11.9. The molecule has 4 rings (SSSR count). The molecule has 0 aromatic carbocycles. The Bertz CT molecular complexity index is 823. The summed E-state index contributed by atoms with van der Waals surface area (Å²) < 4.78 is 2.72. The summed E-state index contributed by atoms with van der Waals surface area (Å²) in [6.07, 6.45) is 8.20. The molecular formula is C15H15BrN6. The lowest BCUT2D eigenvalue weighted by Gasteiger charge is -2.11. The highest BCUT2D eigenvalue weighted by atomic mass is 79.9. The molecule has 3 heterocycles. The van der Waals surface area contributed by atoms with Crippen molar-refractivity contribution in [2.24, 2.45) is 0 Å². The fourth-order valence-electron chi connectivity index (χ4n) is 3.05. The topological polar surface area (TPSA) is 82.5 Å². The predicted octanol–water partition coefficient (Wildman–Crippen LogP) is 3.35. The number of nitrogens with zero attached hydrogens (tertiary/aromatic N) is 5. The highest BCUT2D eigenvalue weighted by molar-refractivity contribution is 9.10. The number of aromatic nitrogens is 5. The van der Waals surface area contributed by atoms with Crippen molar-refractivity contribution in [2.45, 2.75) is 31.7 Å². The molecule has 1 fully saturated rings. The summed E-state index contributed by atoms with van der Waals surface area (Å²) in [6, 6.07) is 4.16. The van der Waals surface area contributed by atoms with E-state index in [9.17, 15) is 0 Å². The van der Waals surface area contributed by atoms with E-state index in [1.807, 2.05) is 16.8 Å². The third-order valence-corrected chi connectivity index (χ3v) is 4.70. The Labute approximate surface area is 135 Å². The van der Waals surface area contributed by atoms with Crippen molar-refractivity contribution in [2.75, 3.05) is 5.73 Å². The molecule has 7 heteroatoms. The van der Waals surface area contributed by atoms with E-state index >= 15 is 0 Å². The number of fused-ring (bicyclic) bond motifs is 1. The zero-order chi connectivity index (χ0) is 15.1. The van der Waals surface area contributed by atoms with Gasteiger partial charge in [-0.3, -0.25) is 4.98 Å². The number of hydrogen-bond acceptors (Lipinski definition) is 5. The quantitative estimate of drug-likeness (QED) is 0.759. The van der Waals surface area contributed by atoms with Gasteiger partial charge < -0.3 is 5.73 Å². The fraction of sp³-hybridized carbons (Fsp3) is 0.333. The summed E-state index contributed by atoms with van der Waals surface area (Å²) in [5.41, 5.74) is 7.86. The zero-order valence-corrected chi connectivity index (χ0v) is 13.5. The Kier molecular flexibility index (Phi) is 3.29. The van der Waals surface area contributed by atoms with Crippen LogP contribution in [0.4, 0.5) is 5.82 Å². The van der Waals surface area contributed by atoms with Gasteiger partial charge in [0.1, 0.15) is 10.4 Å². The highest BCUT2D eigenvalue weighted by Crippen LogP contribution is 2.35. The van der Waals surface area contributed by atoms with Crippen LogP contribution in [0.2, 0.25) is 0 Å². The molecule has 3 aromatic heterocycles. The van der Waals surface area contributed by atoms with Crippen LogP contribution in [0.25, 0.3) is 22.4 Å². The number of rotatable bonds is 2. The van der Waals surface area contributed by atoms with Crippen LogP contribution in [-0.2, 0) is 0 Å². The summed E-state index contributed by atoms with van der Waals surface area (Å²) >= 11 is 3.49. The van der Waals surface area contributed by atoms with E-state index in [2.05, 4.69) is 31.0 Å². The molecule has 0 unspecified atom stereocenters. The number of nitrogens with two attached hydrogens (primary N) is 1. The van der Waals surface area contributed by atoms with E-state index in [1.54, 1.807) is 12.4 Å². The Balaban J connectivity index is 1.93. The predicted molar refractivity (Wildman–Crippen MR) is 88.2 cm³/mol. The number of hydrogen-bond donors (Lipinski definition) is 1. The second-order valence-corrected chi connectivity index (χ2v) is 6.29. The number of halogens is 1. The lowest BCUT2D eigenvalue weighted by molar-refractivity contribution is 0.476. The Morgan fingerprint density at radius 3 is 2.59 bits per heavy atom. The summed E-state index contributed by atoms with van der Waals surface area (Å²) in [5, 5.41) is 5.40. The third-order valence-electron chi connectivity index (χ3n) is 4.15. The maximum Gasteiger partial charge on any atom is 0.165 e. The molecule has 1 aliphatic carbocycles. The summed E-state index contributed by atoms with van der Waals surface area (Å²) in [5.74, 6) is 1.06. The normalized spacial score (nSPS) is 15.7. The van der Waals surface area contributed by atoms with E-state index in [0.29, 0.717) is 22.3 Å². The third kappa shape index (κ3) is 2.16. The second-order valence-electron chi connectivity index (χ2n) is 5.54. The highest BCUT2D eigenvalue weighted by Gasteiger charge is 2.24. The average Bonchev–Trinajstić information content (AvgIpc) is 3.16. The van der Waals surface area contributed by atoms with E-state index in [0.717, 1.165) is 29.4 Å². The van der Waals surface area contributed by atoms with Crippen molar-refractivity contribution in [3.63, 3.8) is 0 Å². The van der Waals surface area contributed by atoms with Gasteiger partial charge in [-0.15, -0.1) is 0 Å². The lowest BCUT2D eigenvalue weighted by atomic mass is 10.2. The van der Waals surface area contributed by atoms with Crippen LogP contribution in [0.5, 0.6) is 0 Å². The minimum absolute atomic E-state index is 0.397. The summed E-state index contributed by atoms with van der Waals surface area (Å²) in [4.78, 5) is 13.2. The molecule has 6 nitrogen and oxygen atoms in total. The van der Waals surface area contributed by atoms with Crippen molar-refractivity contribution in [1.29, 1.82) is 0 Å². The van der Waals surface area contributed by atoms with Crippen LogP contribution >= 0.6 is 15.9 Å². The Morgan fingerprint density at radius 1 is 1.14 bits per heavy atom. The maximum atomic E-state index is 6.16. The molecule has 3 aromatic rings. The molecule has 0 radical (unpaired) electrons. The molecule has 0 amide bonds. The fourth-order valence-corrected chi connectivity index (χ4v) is 3.61. The summed E-state index contributed by atoms with van der Waals surface area (Å²) in [7, 11) is 0. The lowest BCUT2D eigenvalue weighted by Crippen LogP contribution is -2.08. The minimum Gasteiger partial charge on any atom is -0.383 e. The van der Waals surface area contributed by atoms with Gasteiger partial charge in [0.15, 0.2) is 11.5 Å². The number of nitrogen functional groups attached to an aromatic ring is 1. The minimum atomic E-state index is 0.397. The summed E-state index contributed by atoms with van der Waals surface area (Å²) in [6.45, 7) is 0. The smallest absolute Gasteiger partial charge is 0.165 e. The molecule has 0 saturated heterocycles. The molecule has 0 aliphatic heterocycles. The van der Waals surface area contributed by atoms with Gasteiger partial charge in [-0.1, -0.05) is 12.8 Å². The Morgan fingerprint density at radius 2 is 1.86 bits per heavy atom. The van der Waals surface area contributed by atoms with Gasteiger partial charge in [0.25, 0.3) is 0 Å². The van der Waals surface area contributed by atoms with Crippen LogP contribution in [0.3, 0.4) is 0 Å². The van der Waals surface area contributed by atoms with Crippen molar-refractivity contribution < 1.29 is 0 Å². The van der Waals surface area contributed by atoms with Crippen LogP contribution in [0, 0.1) is 0 Å². The molecule has 22 heavy (non-hydrogen) atoms. The molecule has 1 aliphatic rings. The molecule has 0 spiro atoms. The Hall–Kier alpha value is -2.02. The van der Waals surface area contributed by atoms with Crippen LogP contribution in [0.1, 0.15) is 31.7 Å². The van der Waals surface area contributed by atoms with Crippen LogP contribution in [0.15, 0.2) is 29.1 Å². The first-order valence-electron chi connectivity index (χ1n) is 7.35. The first-order valence-corrected chi connectivity index (χ1v) is 8.15. The van der Waals surface area contributed by atoms with Gasteiger partial charge in [-0.25, -0.2) is 14.6 Å². The number of pyridine rings is 1. The molecular weight excluding hydrogens is 344 g/mol. The van der Waals surface area contributed by atoms with Gasteiger partial charge in [0.05, 0.1) is 11.4 Å². The first kappa shape index (κ1) is 13.6. The van der Waals surface area contributed by atoms with Crippen molar-refractivity contribution in [3.8, 4) is 11.4 Å².